The summed E-state index contributed by atoms with van der Waals surface area (Å²) in [6.07, 6.45) is 2.40. The van der Waals surface area contributed by atoms with E-state index in [1.54, 1.807) is 4.90 Å². The van der Waals surface area contributed by atoms with E-state index < -0.39 is 5.92 Å². The fourth-order valence-electron chi connectivity index (χ4n) is 2.20. The lowest BCUT2D eigenvalue weighted by Crippen LogP contribution is -2.40. The van der Waals surface area contributed by atoms with Crippen LogP contribution in [0, 0.1) is 17.2 Å². The summed E-state index contributed by atoms with van der Waals surface area (Å²) in [5.74, 6) is -0.808. The number of hydrogen-bond donors (Lipinski definition) is 1. The summed E-state index contributed by atoms with van der Waals surface area (Å²) in [4.78, 5) is 14.0. The second kappa shape index (κ2) is 6.35. The molecule has 0 radical (unpaired) electrons. The second-order valence-electron chi connectivity index (χ2n) is 4.86. The molecule has 1 saturated carbocycles. The average Bonchev–Trinajstić information content (AvgIpc) is 3.27. The highest BCUT2D eigenvalue weighted by molar-refractivity contribution is 5.82. The highest BCUT2D eigenvalue weighted by atomic mass is 16.3. The SMILES string of the molecule is N#CC(Cc1ccccc1)C(=O)N(CCO)C1CC1. The smallest absolute Gasteiger partial charge is 0.240 e. The average molecular weight is 258 g/mol. The van der Waals surface area contributed by atoms with Gasteiger partial charge in [0.15, 0.2) is 0 Å². The first-order valence-electron chi connectivity index (χ1n) is 6.61. The van der Waals surface area contributed by atoms with Gasteiger partial charge in [-0.2, -0.15) is 5.26 Å². The van der Waals surface area contributed by atoms with E-state index in [4.69, 9.17) is 5.11 Å². The van der Waals surface area contributed by atoms with E-state index in [1.807, 2.05) is 30.3 Å². The van der Waals surface area contributed by atoms with Gasteiger partial charge in [0, 0.05) is 12.6 Å². The first kappa shape index (κ1) is 13.6. The normalized spacial score (nSPS) is 15.6. The highest BCUT2D eigenvalue weighted by Crippen LogP contribution is 2.28. The van der Waals surface area contributed by atoms with E-state index in [-0.39, 0.29) is 18.6 Å². The fraction of sp³-hybridized carbons (Fsp3) is 0.467. The Kier molecular flexibility index (Phi) is 4.53. The second-order valence-corrected chi connectivity index (χ2v) is 4.86. The number of aliphatic hydroxyl groups is 1. The zero-order valence-electron chi connectivity index (χ0n) is 10.8. The predicted octanol–water partition coefficient (Wildman–Crippen LogP) is 1.35. The molecule has 1 aromatic carbocycles. The zero-order valence-corrected chi connectivity index (χ0v) is 10.8. The molecule has 1 amide bonds. The van der Waals surface area contributed by atoms with Gasteiger partial charge in [0.25, 0.3) is 0 Å². The van der Waals surface area contributed by atoms with Crippen molar-refractivity contribution in [2.45, 2.75) is 25.3 Å². The van der Waals surface area contributed by atoms with Crippen molar-refractivity contribution < 1.29 is 9.90 Å². The fourth-order valence-corrected chi connectivity index (χ4v) is 2.20. The lowest BCUT2D eigenvalue weighted by atomic mass is 9.99. The van der Waals surface area contributed by atoms with Gasteiger partial charge >= 0.3 is 0 Å². The van der Waals surface area contributed by atoms with Gasteiger partial charge in [-0.15, -0.1) is 0 Å². The maximum Gasteiger partial charge on any atom is 0.240 e. The van der Waals surface area contributed by atoms with Gasteiger partial charge in [0.05, 0.1) is 12.7 Å². The Balaban J connectivity index is 2.04. The van der Waals surface area contributed by atoms with Gasteiger partial charge in [0.1, 0.15) is 5.92 Å². The molecule has 1 fully saturated rings. The topological polar surface area (TPSA) is 64.3 Å². The largest absolute Gasteiger partial charge is 0.395 e. The molecule has 100 valence electrons. The van der Waals surface area contributed by atoms with Crippen LogP contribution in [0.4, 0.5) is 0 Å². The maximum atomic E-state index is 12.3. The minimum Gasteiger partial charge on any atom is -0.395 e. The summed E-state index contributed by atoms with van der Waals surface area (Å²) in [6, 6.07) is 11.9. The third-order valence-electron chi connectivity index (χ3n) is 3.35. The van der Waals surface area contributed by atoms with Gasteiger partial charge in [-0.1, -0.05) is 30.3 Å². The molecule has 0 saturated heterocycles. The standard InChI is InChI=1S/C15H18N2O2/c16-11-13(10-12-4-2-1-3-5-12)15(19)17(8-9-18)14-6-7-14/h1-5,13-14,18H,6-10H2. The molecular weight excluding hydrogens is 240 g/mol. The molecule has 4 nitrogen and oxygen atoms in total. The van der Waals surface area contributed by atoms with Crippen LogP contribution in [0.2, 0.25) is 0 Å². The maximum absolute atomic E-state index is 12.3. The number of carbonyl (C=O) groups excluding carboxylic acids is 1. The van der Waals surface area contributed by atoms with Crippen LogP contribution in [0.15, 0.2) is 30.3 Å². The van der Waals surface area contributed by atoms with E-state index in [0.717, 1.165) is 18.4 Å². The molecule has 1 aliphatic carbocycles. The predicted molar refractivity (Wildman–Crippen MR) is 71.1 cm³/mol. The van der Waals surface area contributed by atoms with Crippen molar-refractivity contribution in [3.63, 3.8) is 0 Å². The Labute approximate surface area is 113 Å². The Morgan fingerprint density at radius 3 is 2.63 bits per heavy atom. The van der Waals surface area contributed by atoms with E-state index in [9.17, 15) is 10.1 Å². The van der Waals surface area contributed by atoms with E-state index in [1.165, 1.54) is 0 Å². The molecule has 1 aliphatic rings. The van der Waals surface area contributed by atoms with E-state index >= 15 is 0 Å². The van der Waals surface area contributed by atoms with Crippen molar-refractivity contribution in [3.05, 3.63) is 35.9 Å². The molecule has 4 heteroatoms. The zero-order chi connectivity index (χ0) is 13.7. The number of aliphatic hydroxyl groups excluding tert-OH is 1. The number of nitriles is 1. The molecule has 1 atom stereocenters. The Morgan fingerprint density at radius 2 is 2.11 bits per heavy atom. The molecule has 1 N–H and O–H groups in total. The van der Waals surface area contributed by atoms with Crippen LogP contribution in [0.25, 0.3) is 0 Å². The summed E-state index contributed by atoms with van der Waals surface area (Å²) in [5, 5.41) is 18.2. The lowest BCUT2D eigenvalue weighted by Gasteiger charge is -2.23. The van der Waals surface area contributed by atoms with Crippen LogP contribution in [0.5, 0.6) is 0 Å². The molecule has 1 unspecified atom stereocenters. The van der Waals surface area contributed by atoms with Crippen molar-refractivity contribution in [2.75, 3.05) is 13.2 Å². The van der Waals surface area contributed by atoms with Crippen LogP contribution in [-0.2, 0) is 11.2 Å². The first-order valence-corrected chi connectivity index (χ1v) is 6.61. The van der Waals surface area contributed by atoms with Crippen LogP contribution >= 0.6 is 0 Å². The van der Waals surface area contributed by atoms with Gasteiger partial charge < -0.3 is 10.0 Å². The van der Waals surface area contributed by atoms with Gasteiger partial charge in [-0.25, -0.2) is 0 Å². The molecule has 0 aromatic heterocycles. The third kappa shape index (κ3) is 3.55. The summed E-state index contributed by atoms with van der Waals surface area (Å²) in [7, 11) is 0. The van der Waals surface area contributed by atoms with Crippen LogP contribution in [-0.4, -0.2) is 35.1 Å². The quantitative estimate of drug-likeness (QED) is 0.837. The van der Waals surface area contributed by atoms with Crippen molar-refractivity contribution in [2.24, 2.45) is 5.92 Å². The summed E-state index contributed by atoms with van der Waals surface area (Å²) >= 11 is 0. The van der Waals surface area contributed by atoms with E-state index in [0.29, 0.717) is 13.0 Å². The van der Waals surface area contributed by atoms with Crippen molar-refractivity contribution in [1.82, 2.24) is 4.90 Å². The molecule has 0 bridgehead atoms. The Bertz CT molecular complexity index is 463. The van der Waals surface area contributed by atoms with E-state index in [2.05, 4.69) is 6.07 Å². The number of hydrogen-bond acceptors (Lipinski definition) is 3. The molecular formula is C15H18N2O2. The van der Waals surface area contributed by atoms with Gasteiger partial charge in [-0.3, -0.25) is 4.79 Å². The van der Waals surface area contributed by atoms with Gasteiger partial charge in [-0.05, 0) is 24.8 Å². The summed E-state index contributed by atoms with van der Waals surface area (Å²) < 4.78 is 0. The number of benzene rings is 1. The van der Waals surface area contributed by atoms with Crippen molar-refractivity contribution in [1.29, 1.82) is 5.26 Å². The Morgan fingerprint density at radius 1 is 1.42 bits per heavy atom. The van der Waals surface area contributed by atoms with Crippen molar-refractivity contribution >= 4 is 5.91 Å². The number of carbonyl (C=O) groups is 1. The van der Waals surface area contributed by atoms with Crippen molar-refractivity contribution in [3.8, 4) is 6.07 Å². The lowest BCUT2D eigenvalue weighted by molar-refractivity contribution is -0.134. The molecule has 19 heavy (non-hydrogen) atoms. The summed E-state index contributed by atoms with van der Waals surface area (Å²) in [5.41, 5.74) is 0.988. The molecule has 1 aromatic rings. The van der Waals surface area contributed by atoms with Crippen LogP contribution < -0.4 is 0 Å². The molecule has 0 spiro atoms. The number of nitrogens with zero attached hydrogens (tertiary/aromatic N) is 2. The molecule has 2 rings (SSSR count). The Hall–Kier alpha value is -1.86. The highest BCUT2D eigenvalue weighted by Gasteiger charge is 2.35. The summed E-state index contributed by atoms with van der Waals surface area (Å²) in [6.45, 7) is 0.280. The first-order chi connectivity index (χ1) is 9.26. The van der Waals surface area contributed by atoms with Gasteiger partial charge in [0.2, 0.25) is 5.91 Å². The van der Waals surface area contributed by atoms with Crippen LogP contribution in [0.1, 0.15) is 18.4 Å². The monoisotopic (exact) mass is 258 g/mol. The third-order valence-corrected chi connectivity index (χ3v) is 3.35. The molecule has 0 heterocycles. The molecule has 0 aliphatic heterocycles. The minimum atomic E-state index is -0.658. The minimum absolute atomic E-state index is 0.0499. The number of amides is 1. The van der Waals surface area contributed by atoms with Crippen LogP contribution in [0.3, 0.4) is 0 Å². The number of rotatable bonds is 6.